The zero-order chi connectivity index (χ0) is 20.6. The minimum Gasteiger partial charge on any atom is -0.465 e. The molecule has 0 saturated carbocycles. The molecule has 0 bridgehead atoms. The molecule has 2 atom stereocenters. The van der Waals surface area contributed by atoms with Gasteiger partial charge in [-0.25, -0.2) is 9.59 Å². The van der Waals surface area contributed by atoms with Crippen LogP contribution in [-0.4, -0.2) is 30.5 Å². The molecule has 0 unspecified atom stereocenters. The second kappa shape index (κ2) is 9.42. The molecule has 2 aromatic carbocycles. The van der Waals surface area contributed by atoms with Gasteiger partial charge >= 0.3 is 5.97 Å². The van der Waals surface area contributed by atoms with Gasteiger partial charge in [0.25, 0.3) is 5.72 Å². The third-order valence-corrected chi connectivity index (χ3v) is 3.92. The van der Waals surface area contributed by atoms with Crippen LogP contribution in [0.2, 0.25) is 0 Å². The smallest absolute Gasteiger partial charge is 0.365 e. The van der Waals surface area contributed by atoms with Crippen LogP contribution in [0.15, 0.2) is 65.7 Å². The van der Waals surface area contributed by atoms with Gasteiger partial charge in [-0.15, -0.1) is 0 Å². The Bertz CT molecular complexity index is 810. The number of methoxy groups -OCH3 is 1. The van der Waals surface area contributed by atoms with Crippen LogP contribution in [0.3, 0.4) is 0 Å². The Kier molecular flexibility index (Phi) is 7.24. The quantitative estimate of drug-likeness (QED) is 0.392. The van der Waals surface area contributed by atoms with E-state index in [0.29, 0.717) is 5.56 Å². The van der Waals surface area contributed by atoms with E-state index in [2.05, 4.69) is 4.99 Å². The van der Waals surface area contributed by atoms with E-state index in [-0.39, 0.29) is 6.61 Å². The van der Waals surface area contributed by atoms with Crippen molar-refractivity contribution in [3.8, 4) is 0 Å². The maximum Gasteiger partial charge on any atom is 0.365 e. The third-order valence-electron chi connectivity index (χ3n) is 3.92. The fourth-order valence-corrected chi connectivity index (χ4v) is 2.72. The van der Waals surface area contributed by atoms with E-state index in [0.717, 1.165) is 5.56 Å². The van der Waals surface area contributed by atoms with Crippen LogP contribution in [0.4, 0.5) is 0 Å². The van der Waals surface area contributed by atoms with E-state index in [4.69, 9.17) is 14.2 Å². The fraction of sp³-hybridized carbons (Fsp3) is 0.364. The first-order chi connectivity index (χ1) is 13.3. The van der Waals surface area contributed by atoms with Gasteiger partial charge in [-0.05, 0) is 31.9 Å². The number of isocyanates is 1. The lowest BCUT2D eigenvalue weighted by atomic mass is 9.97. The van der Waals surface area contributed by atoms with Crippen LogP contribution in [-0.2, 0) is 30.4 Å². The van der Waals surface area contributed by atoms with Gasteiger partial charge in [0.1, 0.15) is 6.10 Å². The molecule has 2 rings (SSSR count). The summed E-state index contributed by atoms with van der Waals surface area (Å²) in [5.74, 6) is -0.843. The highest BCUT2D eigenvalue weighted by Crippen LogP contribution is 2.39. The SMILES string of the molecule is COC(=O)[C@](N=C=O)(OCc1ccccc1)[C@@H](OC(C)(C)C)c1ccccc1. The molecule has 0 spiro atoms. The summed E-state index contributed by atoms with van der Waals surface area (Å²) in [5.41, 5.74) is -1.27. The molecule has 0 saturated heterocycles. The van der Waals surface area contributed by atoms with E-state index in [9.17, 15) is 9.59 Å². The van der Waals surface area contributed by atoms with Crippen molar-refractivity contribution in [1.82, 2.24) is 0 Å². The zero-order valence-corrected chi connectivity index (χ0v) is 16.5. The first-order valence-electron chi connectivity index (χ1n) is 8.90. The number of rotatable bonds is 8. The normalized spacial score (nSPS) is 14.4. The van der Waals surface area contributed by atoms with Gasteiger partial charge in [0, 0.05) is 0 Å². The van der Waals surface area contributed by atoms with Gasteiger partial charge in [-0.1, -0.05) is 60.7 Å². The Labute approximate surface area is 165 Å². The number of esters is 1. The van der Waals surface area contributed by atoms with Crippen LogP contribution in [0.1, 0.15) is 38.0 Å². The number of ether oxygens (including phenoxy) is 3. The number of carbonyl (C=O) groups excluding carboxylic acids is 2. The van der Waals surface area contributed by atoms with Gasteiger partial charge in [0.05, 0.1) is 19.3 Å². The molecular weight excluding hydrogens is 358 g/mol. The molecular formula is C22H25NO5. The van der Waals surface area contributed by atoms with Crippen molar-refractivity contribution in [2.75, 3.05) is 7.11 Å². The summed E-state index contributed by atoms with van der Waals surface area (Å²) in [5, 5.41) is 0. The molecule has 0 aliphatic rings. The zero-order valence-electron chi connectivity index (χ0n) is 16.5. The van der Waals surface area contributed by atoms with Crippen molar-refractivity contribution in [2.45, 2.75) is 44.8 Å². The Morgan fingerprint density at radius 2 is 1.61 bits per heavy atom. The summed E-state index contributed by atoms with van der Waals surface area (Å²) >= 11 is 0. The summed E-state index contributed by atoms with van der Waals surface area (Å²) in [6.45, 7) is 5.55. The van der Waals surface area contributed by atoms with Crippen LogP contribution >= 0.6 is 0 Å². The molecule has 6 heteroatoms. The van der Waals surface area contributed by atoms with Crippen LogP contribution < -0.4 is 0 Å². The minimum absolute atomic E-state index is 0.0258. The molecule has 0 N–H and O–H groups in total. The predicted molar refractivity (Wildman–Crippen MR) is 104 cm³/mol. The van der Waals surface area contributed by atoms with E-state index < -0.39 is 23.4 Å². The highest BCUT2D eigenvalue weighted by Gasteiger charge is 2.52. The number of nitrogens with zero attached hydrogens (tertiary/aromatic N) is 1. The minimum atomic E-state index is -2.04. The molecule has 0 aliphatic carbocycles. The largest absolute Gasteiger partial charge is 0.465 e. The van der Waals surface area contributed by atoms with Gasteiger partial charge in [0.15, 0.2) is 0 Å². The van der Waals surface area contributed by atoms with Crippen molar-refractivity contribution in [1.29, 1.82) is 0 Å². The first-order valence-corrected chi connectivity index (χ1v) is 8.90. The van der Waals surface area contributed by atoms with Crippen molar-refractivity contribution in [3.63, 3.8) is 0 Å². The Morgan fingerprint density at radius 1 is 1.04 bits per heavy atom. The number of carbonyl (C=O) groups is 1. The maximum absolute atomic E-state index is 12.8. The molecule has 148 valence electrons. The highest BCUT2D eigenvalue weighted by atomic mass is 16.6. The van der Waals surface area contributed by atoms with Crippen LogP contribution in [0.25, 0.3) is 0 Å². The Hall–Kier alpha value is -2.79. The van der Waals surface area contributed by atoms with Gasteiger partial charge < -0.3 is 14.2 Å². The topological polar surface area (TPSA) is 74.2 Å². The number of hydrogen-bond donors (Lipinski definition) is 0. The molecule has 0 amide bonds. The van der Waals surface area contributed by atoms with Crippen molar-refractivity contribution in [3.05, 3.63) is 71.8 Å². The summed E-state index contributed by atoms with van der Waals surface area (Å²) in [6, 6.07) is 18.3. The van der Waals surface area contributed by atoms with E-state index in [1.807, 2.05) is 57.2 Å². The van der Waals surface area contributed by atoms with Gasteiger partial charge in [0.2, 0.25) is 6.08 Å². The molecule has 28 heavy (non-hydrogen) atoms. The molecule has 0 aromatic heterocycles. The van der Waals surface area contributed by atoms with Crippen LogP contribution in [0, 0.1) is 0 Å². The van der Waals surface area contributed by atoms with Gasteiger partial charge in [-0.3, -0.25) is 0 Å². The Balaban J connectivity index is 2.56. The fourth-order valence-electron chi connectivity index (χ4n) is 2.72. The maximum atomic E-state index is 12.8. The summed E-state index contributed by atoms with van der Waals surface area (Å²) in [4.78, 5) is 27.9. The average Bonchev–Trinajstić information content (AvgIpc) is 2.69. The highest BCUT2D eigenvalue weighted by molar-refractivity contribution is 5.81. The standard InChI is InChI=1S/C22H25NO5/c1-21(2,3)28-19(18-13-9-6-10-14-18)22(23-16-24,20(25)26-4)27-15-17-11-7-5-8-12-17/h5-14,19H,15H2,1-4H3/t19-,22+/m0/s1. The average molecular weight is 383 g/mol. The van der Waals surface area contributed by atoms with Crippen molar-refractivity contribution >= 4 is 12.0 Å². The monoisotopic (exact) mass is 383 g/mol. The summed E-state index contributed by atoms with van der Waals surface area (Å²) in [6.07, 6.45) is 0.443. The summed E-state index contributed by atoms with van der Waals surface area (Å²) in [7, 11) is 1.21. The molecule has 0 aliphatic heterocycles. The molecule has 0 radical (unpaired) electrons. The molecule has 6 nitrogen and oxygen atoms in total. The van der Waals surface area contributed by atoms with Crippen molar-refractivity contribution in [2.24, 2.45) is 4.99 Å². The second-order valence-corrected chi connectivity index (χ2v) is 7.19. The first kappa shape index (κ1) is 21.5. The lowest BCUT2D eigenvalue weighted by molar-refractivity contribution is -0.211. The Morgan fingerprint density at radius 3 is 2.11 bits per heavy atom. The second-order valence-electron chi connectivity index (χ2n) is 7.19. The molecule has 2 aromatic rings. The van der Waals surface area contributed by atoms with E-state index >= 15 is 0 Å². The summed E-state index contributed by atoms with van der Waals surface area (Å²) < 4.78 is 17.1. The van der Waals surface area contributed by atoms with E-state index in [1.54, 1.807) is 24.3 Å². The number of benzene rings is 2. The van der Waals surface area contributed by atoms with Gasteiger partial charge in [-0.2, -0.15) is 4.99 Å². The molecule has 0 heterocycles. The van der Waals surface area contributed by atoms with E-state index in [1.165, 1.54) is 13.2 Å². The van der Waals surface area contributed by atoms with Crippen LogP contribution in [0.5, 0.6) is 0 Å². The third kappa shape index (κ3) is 5.36. The number of aliphatic imine (C=N–C) groups is 1. The van der Waals surface area contributed by atoms with Crippen molar-refractivity contribution < 1.29 is 23.8 Å². The molecule has 0 fully saturated rings. The predicted octanol–water partition coefficient (Wildman–Crippen LogP) is 3.96. The number of hydrogen-bond acceptors (Lipinski definition) is 6. The lowest BCUT2D eigenvalue weighted by Gasteiger charge is -2.37. The lowest BCUT2D eigenvalue weighted by Crippen LogP contribution is -2.49.